The summed E-state index contributed by atoms with van der Waals surface area (Å²) in [5, 5.41) is 3.37. The molecule has 0 spiro atoms. The zero-order valence-corrected chi connectivity index (χ0v) is 13.8. The van der Waals surface area contributed by atoms with E-state index in [1.807, 2.05) is 36.4 Å². The highest BCUT2D eigenvalue weighted by atomic mass is 79.9. The van der Waals surface area contributed by atoms with Crippen LogP contribution in [0.15, 0.2) is 51.4 Å². The first kappa shape index (κ1) is 14.4. The number of hydrogen-bond acceptors (Lipinski definition) is 2. The van der Waals surface area contributed by atoms with Crippen molar-refractivity contribution in [1.82, 2.24) is 0 Å². The third-order valence-electron chi connectivity index (χ3n) is 2.77. The quantitative estimate of drug-likeness (QED) is 0.731. The lowest BCUT2D eigenvalue weighted by Crippen LogP contribution is -2.12. The van der Waals surface area contributed by atoms with Crippen LogP contribution in [0.2, 0.25) is 0 Å². The molecule has 0 unspecified atom stereocenters. The van der Waals surface area contributed by atoms with Gasteiger partial charge in [-0.3, -0.25) is 0 Å². The SMILES string of the molecule is Cc1c(Br)cccc1NCCOc1ccc(Br)cc1. The van der Waals surface area contributed by atoms with Crippen molar-refractivity contribution in [3.63, 3.8) is 0 Å². The normalized spacial score (nSPS) is 10.3. The first-order valence-corrected chi connectivity index (χ1v) is 7.63. The van der Waals surface area contributed by atoms with Gasteiger partial charge in [-0.15, -0.1) is 0 Å². The number of hydrogen-bond donors (Lipinski definition) is 1. The maximum Gasteiger partial charge on any atom is 0.119 e. The summed E-state index contributed by atoms with van der Waals surface area (Å²) in [4.78, 5) is 0. The molecule has 0 aromatic heterocycles. The van der Waals surface area contributed by atoms with Gasteiger partial charge in [0.15, 0.2) is 0 Å². The van der Waals surface area contributed by atoms with E-state index in [1.165, 1.54) is 5.56 Å². The van der Waals surface area contributed by atoms with E-state index in [0.29, 0.717) is 6.61 Å². The Balaban J connectivity index is 1.81. The molecule has 0 aliphatic carbocycles. The van der Waals surface area contributed by atoms with Crippen molar-refractivity contribution in [1.29, 1.82) is 0 Å². The average molecular weight is 385 g/mol. The Morgan fingerprint density at radius 2 is 1.79 bits per heavy atom. The first-order valence-electron chi connectivity index (χ1n) is 6.04. The summed E-state index contributed by atoms with van der Waals surface area (Å²) in [6.45, 7) is 3.49. The fraction of sp³-hybridized carbons (Fsp3) is 0.200. The van der Waals surface area contributed by atoms with Gasteiger partial charge in [0.2, 0.25) is 0 Å². The van der Waals surface area contributed by atoms with Gasteiger partial charge in [-0.25, -0.2) is 0 Å². The molecule has 0 bridgehead atoms. The molecular formula is C15H15Br2NO. The van der Waals surface area contributed by atoms with Crippen LogP contribution in [-0.4, -0.2) is 13.2 Å². The van der Waals surface area contributed by atoms with Gasteiger partial charge in [-0.05, 0) is 48.9 Å². The van der Waals surface area contributed by atoms with Crippen LogP contribution in [0.3, 0.4) is 0 Å². The molecule has 0 heterocycles. The molecule has 0 radical (unpaired) electrons. The van der Waals surface area contributed by atoms with Crippen LogP contribution in [0.4, 0.5) is 5.69 Å². The van der Waals surface area contributed by atoms with Crippen LogP contribution in [0, 0.1) is 6.92 Å². The Hall–Kier alpha value is -1.000. The van der Waals surface area contributed by atoms with E-state index < -0.39 is 0 Å². The largest absolute Gasteiger partial charge is 0.492 e. The van der Waals surface area contributed by atoms with Crippen molar-refractivity contribution >= 4 is 37.5 Å². The smallest absolute Gasteiger partial charge is 0.119 e. The predicted molar refractivity (Wildman–Crippen MR) is 87.0 cm³/mol. The van der Waals surface area contributed by atoms with Crippen molar-refractivity contribution in [2.24, 2.45) is 0 Å². The third kappa shape index (κ3) is 4.25. The molecule has 0 amide bonds. The van der Waals surface area contributed by atoms with Gasteiger partial charge in [0.1, 0.15) is 12.4 Å². The molecule has 0 aliphatic heterocycles. The monoisotopic (exact) mass is 383 g/mol. The van der Waals surface area contributed by atoms with E-state index in [9.17, 15) is 0 Å². The van der Waals surface area contributed by atoms with Crippen LogP contribution in [0.1, 0.15) is 5.56 Å². The lowest BCUT2D eigenvalue weighted by molar-refractivity contribution is 0.333. The number of halogens is 2. The first-order chi connectivity index (χ1) is 9.16. The highest BCUT2D eigenvalue weighted by Gasteiger charge is 2.00. The molecule has 0 saturated heterocycles. The van der Waals surface area contributed by atoms with Gasteiger partial charge >= 0.3 is 0 Å². The number of nitrogens with one attached hydrogen (secondary N) is 1. The van der Waals surface area contributed by atoms with Crippen molar-refractivity contribution in [3.8, 4) is 5.75 Å². The van der Waals surface area contributed by atoms with Gasteiger partial charge in [0.05, 0.1) is 0 Å². The molecule has 0 atom stereocenters. The third-order valence-corrected chi connectivity index (χ3v) is 4.16. The Bertz CT molecular complexity index is 540. The topological polar surface area (TPSA) is 21.3 Å². The second kappa shape index (κ2) is 6.96. The van der Waals surface area contributed by atoms with Crippen molar-refractivity contribution in [3.05, 3.63) is 57.0 Å². The van der Waals surface area contributed by atoms with E-state index in [2.05, 4.69) is 50.2 Å². The van der Waals surface area contributed by atoms with E-state index in [1.54, 1.807) is 0 Å². The second-order valence-corrected chi connectivity index (χ2v) is 5.91. The number of benzene rings is 2. The fourth-order valence-corrected chi connectivity index (χ4v) is 2.31. The summed E-state index contributed by atoms with van der Waals surface area (Å²) in [6, 6.07) is 14.0. The standard InChI is InChI=1S/C15H15Br2NO/c1-11-14(17)3-2-4-15(11)18-9-10-19-13-7-5-12(16)6-8-13/h2-8,18H,9-10H2,1H3. The second-order valence-electron chi connectivity index (χ2n) is 4.14. The van der Waals surface area contributed by atoms with Crippen molar-refractivity contribution in [2.45, 2.75) is 6.92 Å². The molecule has 0 aliphatic rings. The zero-order chi connectivity index (χ0) is 13.7. The molecule has 2 aromatic carbocycles. The fourth-order valence-electron chi connectivity index (χ4n) is 1.68. The summed E-state index contributed by atoms with van der Waals surface area (Å²) < 4.78 is 7.83. The highest BCUT2D eigenvalue weighted by molar-refractivity contribution is 9.10. The van der Waals surface area contributed by atoms with Crippen LogP contribution in [0.5, 0.6) is 5.75 Å². The molecule has 100 valence electrons. The molecule has 2 nitrogen and oxygen atoms in total. The van der Waals surface area contributed by atoms with E-state index in [-0.39, 0.29) is 0 Å². The minimum atomic E-state index is 0.633. The van der Waals surface area contributed by atoms with E-state index in [4.69, 9.17) is 4.74 Å². The maximum atomic E-state index is 5.66. The lowest BCUT2D eigenvalue weighted by Gasteiger charge is -2.11. The van der Waals surface area contributed by atoms with E-state index >= 15 is 0 Å². The van der Waals surface area contributed by atoms with Gasteiger partial charge in [0, 0.05) is 21.2 Å². The predicted octanol–water partition coefficient (Wildman–Crippen LogP) is 5.01. The van der Waals surface area contributed by atoms with Crippen LogP contribution in [-0.2, 0) is 0 Å². The number of anilines is 1. The van der Waals surface area contributed by atoms with Crippen LogP contribution < -0.4 is 10.1 Å². The number of rotatable bonds is 5. The Morgan fingerprint density at radius 3 is 2.53 bits per heavy atom. The molecule has 2 aromatic rings. The zero-order valence-electron chi connectivity index (χ0n) is 10.6. The maximum absolute atomic E-state index is 5.66. The average Bonchev–Trinajstić information content (AvgIpc) is 2.41. The molecule has 4 heteroatoms. The molecule has 19 heavy (non-hydrogen) atoms. The lowest BCUT2D eigenvalue weighted by atomic mass is 10.2. The van der Waals surface area contributed by atoms with E-state index in [0.717, 1.165) is 26.9 Å². The van der Waals surface area contributed by atoms with Crippen LogP contribution in [0.25, 0.3) is 0 Å². The van der Waals surface area contributed by atoms with Gasteiger partial charge < -0.3 is 10.1 Å². The molecule has 1 N–H and O–H groups in total. The van der Waals surface area contributed by atoms with Crippen LogP contribution >= 0.6 is 31.9 Å². The van der Waals surface area contributed by atoms with Gasteiger partial charge in [0.25, 0.3) is 0 Å². The Morgan fingerprint density at radius 1 is 1.05 bits per heavy atom. The Labute approximate surface area is 130 Å². The van der Waals surface area contributed by atoms with Gasteiger partial charge in [-0.1, -0.05) is 37.9 Å². The summed E-state index contributed by atoms with van der Waals surface area (Å²) in [5.74, 6) is 0.885. The molecule has 0 saturated carbocycles. The van der Waals surface area contributed by atoms with Crippen molar-refractivity contribution in [2.75, 3.05) is 18.5 Å². The number of ether oxygens (including phenoxy) is 1. The summed E-state index contributed by atoms with van der Waals surface area (Å²) in [7, 11) is 0. The summed E-state index contributed by atoms with van der Waals surface area (Å²) in [6.07, 6.45) is 0. The highest BCUT2D eigenvalue weighted by Crippen LogP contribution is 2.23. The summed E-state index contributed by atoms with van der Waals surface area (Å²) >= 11 is 6.92. The molecule has 0 fully saturated rings. The minimum absolute atomic E-state index is 0.633. The Kier molecular flexibility index (Phi) is 5.28. The molecular weight excluding hydrogens is 370 g/mol. The molecule has 2 rings (SSSR count). The van der Waals surface area contributed by atoms with Gasteiger partial charge in [-0.2, -0.15) is 0 Å². The van der Waals surface area contributed by atoms with Crippen molar-refractivity contribution < 1.29 is 4.74 Å². The summed E-state index contributed by atoms with van der Waals surface area (Å²) in [5.41, 5.74) is 2.35. The minimum Gasteiger partial charge on any atom is -0.492 e.